The lowest BCUT2D eigenvalue weighted by atomic mass is 9.91. The van der Waals surface area contributed by atoms with Crippen LogP contribution in [0.3, 0.4) is 0 Å². The van der Waals surface area contributed by atoms with Crippen LogP contribution in [0.15, 0.2) is 6.07 Å². The smallest absolute Gasteiger partial charge is 0.354 e. The van der Waals surface area contributed by atoms with E-state index in [9.17, 15) is 9.59 Å². The number of aryl methyl sites for hydroxylation is 1. The number of hydrogen-bond acceptors (Lipinski definition) is 3. The maximum absolute atomic E-state index is 11.9. The number of nitrogens with one attached hydrogen (secondary N) is 3. The molecule has 1 aliphatic rings. The van der Waals surface area contributed by atoms with Gasteiger partial charge in [-0.15, -0.1) is 0 Å². The maximum atomic E-state index is 11.9. The van der Waals surface area contributed by atoms with Gasteiger partial charge in [-0.3, -0.25) is 0 Å². The topological polar surface area (TPSA) is 120 Å². The van der Waals surface area contributed by atoms with Gasteiger partial charge in [0.1, 0.15) is 5.69 Å². The van der Waals surface area contributed by atoms with Crippen LogP contribution in [0.25, 0.3) is 0 Å². The fourth-order valence-electron chi connectivity index (χ4n) is 2.52. The average Bonchev–Trinajstić information content (AvgIpc) is 2.73. The van der Waals surface area contributed by atoms with E-state index in [0.717, 1.165) is 25.7 Å². The molecule has 6 N–H and O–H groups in total. The van der Waals surface area contributed by atoms with E-state index >= 15 is 0 Å². The van der Waals surface area contributed by atoms with Crippen molar-refractivity contribution >= 4 is 17.7 Å². The van der Waals surface area contributed by atoms with Gasteiger partial charge in [0.15, 0.2) is 0 Å². The number of H-pyrrole nitrogens is 1. The highest BCUT2D eigenvalue weighted by Gasteiger charge is 2.24. The Kier molecular flexibility index (Phi) is 4.29. The Labute approximate surface area is 116 Å². The predicted molar refractivity (Wildman–Crippen MR) is 74.9 cm³/mol. The first-order valence-corrected chi connectivity index (χ1v) is 6.73. The molecule has 7 heteroatoms. The molecule has 0 aliphatic heterocycles. The first-order chi connectivity index (χ1) is 9.47. The maximum Gasteiger partial charge on any atom is 0.354 e. The van der Waals surface area contributed by atoms with Crippen LogP contribution in [0.2, 0.25) is 0 Å². The van der Waals surface area contributed by atoms with Crippen molar-refractivity contribution in [1.82, 2.24) is 10.3 Å². The minimum absolute atomic E-state index is 0.0226. The summed E-state index contributed by atoms with van der Waals surface area (Å²) < 4.78 is 0. The summed E-state index contributed by atoms with van der Waals surface area (Å²) in [5, 5.41) is 14.4. The van der Waals surface area contributed by atoms with Crippen molar-refractivity contribution < 1.29 is 14.7 Å². The van der Waals surface area contributed by atoms with Gasteiger partial charge >= 0.3 is 12.0 Å². The second kappa shape index (κ2) is 5.96. The van der Waals surface area contributed by atoms with E-state index in [2.05, 4.69) is 15.6 Å². The monoisotopic (exact) mass is 280 g/mol. The summed E-state index contributed by atoms with van der Waals surface area (Å²) in [6, 6.07) is 1.07. The number of anilines is 1. The number of aromatic amines is 1. The SMILES string of the molecule is Cc1cc(NC(=O)NC2CCCCC2N)c(C(=O)O)[nH]1. The number of urea groups is 1. The summed E-state index contributed by atoms with van der Waals surface area (Å²) in [4.78, 5) is 25.7. The van der Waals surface area contributed by atoms with Gasteiger partial charge in [0.05, 0.1) is 5.69 Å². The van der Waals surface area contributed by atoms with Gasteiger partial charge in [-0.2, -0.15) is 0 Å². The van der Waals surface area contributed by atoms with E-state index in [0.29, 0.717) is 5.69 Å². The van der Waals surface area contributed by atoms with Crippen molar-refractivity contribution in [2.75, 3.05) is 5.32 Å². The zero-order valence-corrected chi connectivity index (χ0v) is 11.4. The van der Waals surface area contributed by atoms with Crippen molar-refractivity contribution in [2.45, 2.75) is 44.7 Å². The molecular weight excluding hydrogens is 260 g/mol. The van der Waals surface area contributed by atoms with Gasteiger partial charge in [0.2, 0.25) is 0 Å². The number of carboxylic acid groups (broad SMARTS) is 1. The summed E-state index contributed by atoms with van der Waals surface area (Å²) in [6.45, 7) is 1.73. The molecule has 0 radical (unpaired) electrons. The number of carboxylic acids is 1. The number of carbonyl (C=O) groups excluding carboxylic acids is 1. The zero-order valence-electron chi connectivity index (χ0n) is 11.4. The summed E-state index contributed by atoms with van der Waals surface area (Å²) in [6.07, 6.45) is 3.88. The third-order valence-corrected chi connectivity index (χ3v) is 3.55. The Bertz CT molecular complexity index is 512. The van der Waals surface area contributed by atoms with E-state index in [1.807, 2.05) is 0 Å². The molecular formula is C13H20N4O3. The predicted octanol–water partition coefficient (Wildman–Crippen LogP) is 1.41. The fourth-order valence-corrected chi connectivity index (χ4v) is 2.52. The van der Waals surface area contributed by atoms with E-state index in [4.69, 9.17) is 10.8 Å². The second-order valence-corrected chi connectivity index (χ2v) is 5.20. The average molecular weight is 280 g/mol. The Morgan fingerprint density at radius 3 is 2.75 bits per heavy atom. The number of aromatic carboxylic acids is 1. The number of amides is 2. The van der Waals surface area contributed by atoms with Gasteiger partial charge in [-0.1, -0.05) is 12.8 Å². The molecule has 1 saturated carbocycles. The molecule has 0 spiro atoms. The molecule has 2 atom stereocenters. The Morgan fingerprint density at radius 1 is 1.40 bits per heavy atom. The van der Waals surface area contributed by atoms with E-state index < -0.39 is 12.0 Å². The fraction of sp³-hybridized carbons (Fsp3) is 0.538. The number of aromatic nitrogens is 1. The van der Waals surface area contributed by atoms with E-state index in [1.165, 1.54) is 0 Å². The van der Waals surface area contributed by atoms with Crippen LogP contribution >= 0.6 is 0 Å². The molecule has 0 aromatic carbocycles. The largest absolute Gasteiger partial charge is 0.477 e. The molecule has 1 aromatic heterocycles. The molecule has 2 unspecified atom stereocenters. The quantitative estimate of drug-likeness (QED) is 0.575. The summed E-state index contributed by atoms with van der Waals surface area (Å²) in [5.74, 6) is -1.11. The standard InChI is InChI=1S/C13H20N4O3/c1-7-6-10(11(15-7)12(18)19)17-13(20)16-9-5-3-2-4-8(9)14/h6,8-9,15H,2-5,14H2,1H3,(H,18,19)(H2,16,17,20). The van der Waals surface area contributed by atoms with Crippen LogP contribution in [0.1, 0.15) is 41.9 Å². The lowest BCUT2D eigenvalue weighted by Crippen LogP contribution is -2.50. The molecule has 7 nitrogen and oxygen atoms in total. The molecule has 0 bridgehead atoms. The highest BCUT2D eigenvalue weighted by atomic mass is 16.4. The van der Waals surface area contributed by atoms with E-state index in [1.54, 1.807) is 13.0 Å². The summed E-state index contributed by atoms with van der Waals surface area (Å²) in [5.41, 5.74) is 6.87. The van der Waals surface area contributed by atoms with Crippen LogP contribution in [-0.4, -0.2) is 34.2 Å². The highest BCUT2D eigenvalue weighted by Crippen LogP contribution is 2.19. The number of hydrogen-bond donors (Lipinski definition) is 5. The minimum Gasteiger partial charge on any atom is -0.477 e. The molecule has 1 aliphatic carbocycles. The summed E-state index contributed by atoms with van der Waals surface area (Å²) in [7, 11) is 0. The van der Waals surface area contributed by atoms with Crippen LogP contribution in [-0.2, 0) is 0 Å². The molecule has 0 saturated heterocycles. The van der Waals surface area contributed by atoms with Gasteiger partial charge in [0, 0.05) is 17.8 Å². The van der Waals surface area contributed by atoms with Crippen LogP contribution in [0.4, 0.5) is 10.5 Å². The highest BCUT2D eigenvalue weighted by molar-refractivity contribution is 5.99. The lowest BCUT2D eigenvalue weighted by Gasteiger charge is -2.29. The first-order valence-electron chi connectivity index (χ1n) is 6.73. The third kappa shape index (κ3) is 3.30. The van der Waals surface area contributed by atoms with Crippen molar-refractivity contribution in [3.63, 3.8) is 0 Å². The van der Waals surface area contributed by atoms with Gasteiger partial charge < -0.3 is 26.5 Å². The number of rotatable bonds is 3. The van der Waals surface area contributed by atoms with Gasteiger partial charge in [-0.25, -0.2) is 9.59 Å². The minimum atomic E-state index is -1.11. The number of nitrogens with two attached hydrogens (primary N) is 1. The van der Waals surface area contributed by atoms with Crippen molar-refractivity contribution in [2.24, 2.45) is 5.73 Å². The second-order valence-electron chi connectivity index (χ2n) is 5.20. The lowest BCUT2D eigenvalue weighted by molar-refractivity contribution is 0.0692. The molecule has 1 aromatic rings. The van der Waals surface area contributed by atoms with Crippen molar-refractivity contribution in [3.05, 3.63) is 17.5 Å². The van der Waals surface area contributed by atoms with Crippen molar-refractivity contribution in [1.29, 1.82) is 0 Å². The van der Waals surface area contributed by atoms with E-state index in [-0.39, 0.29) is 23.5 Å². The summed E-state index contributed by atoms with van der Waals surface area (Å²) >= 11 is 0. The van der Waals surface area contributed by atoms with Gasteiger partial charge in [0.25, 0.3) is 0 Å². The van der Waals surface area contributed by atoms with Crippen molar-refractivity contribution in [3.8, 4) is 0 Å². The molecule has 20 heavy (non-hydrogen) atoms. The Balaban J connectivity index is 1.99. The van der Waals surface area contributed by atoms with Crippen LogP contribution < -0.4 is 16.4 Å². The van der Waals surface area contributed by atoms with Crippen LogP contribution in [0, 0.1) is 6.92 Å². The van der Waals surface area contributed by atoms with Gasteiger partial charge in [-0.05, 0) is 25.8 Å². The Hall–Kier alpha value is -2.02. The molecule has 2 amide bonds. The molecule has 110 valence electrons. The molecule has 1 heterocycles. The third-order valence-electron chi connectivity index (χ3n) is 3.55. The number of carbonyl (C=O) groups is 2. The molecule has 2 rings (SSSR count). The zero-order chi connectivity index (χ0) is 14.7. The first kappa shape index (κ1) is 14.4. The normalized spacial score (nSPS) is 22.3. The molecule has 1 fully saturated rings. The Morgan fingerprint density at radius 2 is 2.10 bits per heavy atom. The van der Waals surface area contributed by atoms with Crippen LogP contribution in [0.5, 0.6) is 0 Å².